The lowest BCUT2D eigenvalue weighted by atomic mass is 9.72. The van der Waals surface area contributed by atoms with Gasteiger partial charge in [0.15, 0.2) is 0 Å². The highest BCUT2D eigenvalue weighted by Crippen LogP contribution is 2.38. The molecule has 0 unspecified atom stereocenters. The molecule has 0 atom stereocenters. The van der Waals surface area contributed by atoms with E-state index in [2.05, 4.69) is 4.98 Å². The third-order valence-corrected chi connectivity index (χ3v) is 3.58. The van der Waals surface area contributed by atoms with E-state index in [9.17, 15) is 4.79 Å². The maximum absolute atomic E-state index is 10.6. The molecule has 1 heterocycles. The summed E-state index contributed by atoms with van der Waals surface area (Å²) in [6.45, 7) is 0.527. The number of aromatic nitrogens is 1. The van der Waals surface area contributed by atoms with Gasteiger partial charge in [0, 0.05) is 18.1 Å². The zero-order valence-electron chi connectivity index (χ0n) is 11.2. The number of hydrogen-bond acceptors (Lipinski definition) is 4. The zero-order valence-corrected chi connectivity index (χ0v) is 11.2. The molecule has 1 aromatic rings. The van der Waals surface area contributed by atoms with Crippen LogP contribution in [0.1, 0.15) is 38.5 Å². The van der Waals surface area contributed by atoms with Gasteiger partial charge in [0.05, 0.1) is 6.42 Å². The van der Waals surface area contributed by atoms with E-state index in [0.717, 1.165) is 31.4 Å². The first-order chi connectivity index (χ1) is 9.08. The number of nitrogens with two attached hydrogens (primary N) is 2. The number of carboxylic acids is 1. The summed E-state index contributed by atoms with van der Waals surface area (Å²) in [6.07, 6.45) is 9.09. The van der Waals surface area contributed by atoms with Gasteiger partial charge in [-0.15, -0.1) is 0 Å². The second-order valence-electron chi connectivity index (χ2n) is 5.12. The van der Waals surface area contributed by atoms with Crippen molar-refractivity contribution in [1.82, 2.24) is 4.98 Å². The van der Waals surface area contributed by atoms with Gasteiger partial charge in [-0.1, -0.05) is 19.3 Å². The summed E-state index contributed by atoms with van der Waals surface area (Å²) in [5.41, 5.74) is 11.6. The molecule has 5 N–H and O–H groups in total. The largest absolute Gasteiger partial charge is 0.481 e. The minimum atomic E-state index is -0.706. The number of nitrogen functional groups attached to an aromatic ring is 1. The molecule has 0 radical (unpaired) electrons. The molecule has 2 rings (SSSR count). The third kappa shape index (κ3) is 5.70. The summed E-state index contributed by atoms with van der Waals surface area (Å²) >= 11 is 0. The highest BCUT2D eigenvalue weighted by Gasteiger charge is 2.32. The molecule has 1 aliphatic carbocycles. The Morgan fingerprint density at radius 3 is 2.21 bits per heavy atom. The summed E-state index contributed by atoms with van der Waals surface area (Å²) in [5.74, 6) is -0.706. The van der Waals surface area contributed by atoms with Crippen LogP contribution in [0.25, 0.3) is 0 Å². The van der Waals surface area contributed by atoms with Crippen LogP contribution in [-0.2, 0) is 4.79 Å². The molecule has 0 spiro atoms. The minimum absolute atomic E-state index is 0.0793. The van der Waals surface area contributed by atoms with Crippen LogP contribution in [-0.4, -0.2) is 22.6 Å². The van der Waals surface area contributed by atoms with E-state index in [1.807, 2.05) is 0 Å². The number of aliphatic carboxylic acids is 1. The molecular weight excluding hydrogens is 242 g/mol. The Balaban J connectivity index is 0.000000218. The fourth-order valence-electron chi connectivity index (χ4n) is 2.44. The summed E-state index contributed by atoms with van der Waals surface area (Å²) in [6, 6.07) is 3.50. The van der Waals surface area contributed by atoms with Crippen LogP contribution >= 0.6 is 0 Å². The number of rotatable bonds is 3. The lowest BCUT2D eigenvalue weighted by molar-refractivity contribution is -0.140. The summed E-state index contributed by atoms with van der Waals surface area (Å²) in [5, 5.41) is 8.71. The van der Waals surface area contributed by atoms with Crippen molar-refractivity contribution in [1.29, 1.82) is 0 Å². The van der Waals surface area contributed by atoms with Crippen LogP contribution in [0.3, 0.4) is 0 Å². The molecule has 19 heavy (non-hydrogen) atoms. The van der Waals surface area contributed by atoms with Crippen molar-refractivity contribution in [2.24, 2.45) is 11.1 Å². The molecule has 5 nitrogen and oxygen atoms in total. The normalized spacial score (nSPS) is 17.1. The number of anilines is 1. The van der Waals surface area contributed by atoms with Gasteiger partial charge in [0.25, 0.3) is 0 Å². The van der Waals surface area contributed by atoms with E-state index in [-0.39, 0.29) is 11.8 Å². The molecule has 1 saturated carbocycles. The number of carboxylic acid groups (broad SMARTS) is 1. The minimum Gasteiger partial charge on any atom is -0.481 e. The Kier molecular flexibility index (Phi) is 6.29. The molecular formula is C14H23N3O2. The highest BCUT2D eigenvalue weighted by molar-refractivity contribution is 5.67. The SMILES string of the molecule is NCC1(CC(=O)O)CCCCC1.Nc1ccncc1. The van der Waals surface area contributed by atoms with Gasteiger partial charge in [-0.25, -0.2) is 0 Å². The number of carbonyl (C=O) groups is 1. The van der Waals surface area contributed by atoms with Gasteiger partial charge in [0.1, 0.15) is 0 Å². The van der Waals surface area contributed by atoms with Crippen LogP contribution < -0.4 is 11.5 Å². The van der Waals surface area contributed by atoms with Crippen LogP contribution in [0.5, 0.6) is 0 Å². The van der Waals surface area contributed by atoms with Gasteiger partial charge in [-0.3, -0.25) is 9.78 Å². The monoisotopic (exact) mass is 265 g/mol. The topological polar surface area (TPSA) is 102 Å². The Morgan fingerprint density at radius 1 is 1.26 bits per heavy atom. The van der Waals surface area contributed by atoms with Crippen molar-refractivity contribution >= 4 is 11.7 Å². The van der Waals surface area contributed by atoms with Gasteiger partial charge >= 0.3 is 5.97 Å². The standard InChI is InChI=1S/C9H17NO2.C5H6N2/c10-7-9(6-8(11)12)4-2-1-3-5-9;6-5-1-3-7-4-2-5/h1-7,10H2,(H,11,12);1-4H,(H2,6,7). The molecule has 0 aromatic carbocycles. The number of nitrogens with zero attached hydrogens (tertiary/aromatic N) is 1. The number of pyridine rings is 1. The predicted octanol–water partition coefficient (Wildman–Crippen LogP) is 2.03. The first-order valence-electron chi connectivity index (χ1n) is 6.65. The lowest BCUT2D eigenvalue weighted by Gasteiger charge is -2.34. The summed E-state index contributed by atoms with van der Waals surface area (Å²) < 4.78 is 0. The smallest absolute Gasteiger partial charge is 0.303 e. The van der Waals surface area contributed by atoms with E-state index in [1.54, 1.807) is 24.5 Å². The van der Waals surface area contributed by atoms with Crippen LogP contribution in [0.4, 0.5) is 5.69 Å². The Hall–Kier alpha value is -1.62. The molecule has 106 valence electrons. The Labute approximate surface area is 114 Å². The average molecular weight is 265 g/mol. The van der Waals surface area contributed by atoms with E-state index < -0.39 is 5.97 Å². The maximum Gasteiger partial charge on any atom is 0.303 e. The quantitative estimate of drug-likeness (QED) is 0.776. The molecule has 0 bridgehead atoms. The average Bonchev–Trinajstić information content (AvgIpc) is 2.41. The summed E-state index contributed by atoms with van der Waals surface area (Å²) in [4.78, 5) is 14.3. The predicted molar refractivity (Wildman–Crippen MR) is 75.5 cm³/mol. The maximum atomic E-state index is 10.6. The molecule has 5 heteroatoms. The summed E-state index contributed by atoms with van der Waals surface area (Å²) in [7, 11) is 0. The van der Waals surface area contributed by atoms with Gasteiger partial charge in [-0.2, -0.15) is 0 Å². The van der Waals surface area contributed by atoms with E-state index >= 15 is 0 Å². The first kappa shape index (κ1) is 15.4. The van der Waals surface area contributed by atoms with Crippen molar-refractivity contribution in [3.8, 4) is 0 Å². The van der Waals surface area contributed by atoms with E-state index in [4.69, 9.17) is 16.6 Å². The lowest BCUT2D eigenvalue weighted by Crippen LogP contribution is -2.34. The number of hydrogen-bond donors (Lipinski definition) is 3. The van der Waals surface area contributed by atoms with E-state index in [1.165, 1.54) is 6.42 Å². The Morgan fingerprint density at radius 2 is 1.84 bits per heavy atom. The van der Waals surface area contributed by atoms with Crippen molar-refractivity contribution in [2.75, 3.05) is 12.3 Å². The Bertz CT molecular complexity index is 376. The molecule has 0 aliphatic heterocycles. The molecule has 0 saturated heterocycles. The second-order valence-corrected chi connectivity index (χ2v) is 5.12. The molecule has 1 fully saturated rings. The van der Waals surface area contributed by atoms with Gasteiger partial charge in [0.2, 0.25) is 0 Å². The van der Waals surface area contributed by atoms with Crippen molar-refractivity contribution < 1.29 is 9.90 Å². The highest BCUT2D eigenvalue weighted by atomic mass is 16.4. The third-order valence-electron chi connectivity index (χ3n) is 3.58. The fourth-order valence-corrected chi connectivity index (χ4v) is 2.44. The fraction of sp³-hybridized carbons (Fsp3) is 0.571. The van der Waals surface area contributed by atoms with Crippen LogP contribution in [0.2, 0.25) is 0 Å². The van der Waals surface area contributed by atoms with Gasteiger partial charge in [-0.05, 0) is 36.9 Å². The van der Waals surface area contributed by atoms with Gasteiger partial charge < -0.3 is 16.6 Å². The van der Waals surface area contributed by atoms with Crippen molar-refractivity contribution in [3.63, 3.8) is 0 Å². The molecule has 0 amide bonds. The first-order valence-corrected chi connectivity index (χ1v) is 6.65. The second kappa shape index (κ2) is 7.74. The van der Waals surface area contributed by atoms with E-state index in [0.29, 0.717) is 6.54 Å². The zero-order chi connectivity index (χ0) is 14.1. The molecule has 1 aliphatic rings. The van der Waals surface area contributed by atoms with Crippen molar-refractivity contribution in [3.05, 3.63) is 24.5 Å². The van der Waals surface area contributed by atoms with Crippen LogP contribution in [0, 0.1) is 5.41 Å². The van der Waals surface area contributed by atoms with Crippen LogP contribution in [0.15, 0.2) is 24.5 Å². The molecule has 1 aromatic heterocycles. The van der Waals surface area contributed by atoms with Crippen molar-refractivity contribution in [2.45, 2.75) is 38.5 Å².